The van der Waals surface area contributed by atoms with E-state index in [-0.39, 0.29) is 6.42 Å². The van der Waals surface area contributed by atoms with E-state index in [9.17, 15) is 8.78 Å². The molecule has 0 radical (unpaired) electrons. The van der Waals surface area contributed by atoms with E-state index in [0.717, 1.165) is 6.92 Å². The van der Waals surface area contributed by atoms with Crippen LogP contribution in [0.2, 0.25) is 0 Å². The van der Waals surface area contributed by atoms with Gasteiger partial charge >= 0.3 is 0 Å². The molecule has 1 aliphatic rings. The minimum absolute atomic E-state index is 0.264. The molecule has 1 atom stereocenters. The fourth-order valence-electron chi connectivity index (χ4n) is 1.05. The number of allylic oxidation sites excluding steroid dienone is 4. The third kappa shape index (κ3) is 2.03. The first-order valence-corrected chi connectivity index (χ1v) is 3.51. The quantitative estimate of drug-likeness (QED) is 0.622. The molecular formula is C8H11F2N. The van der Waals surface area contributed by atoms with Crippen LogP contribution in [0.25, 0.3) is 0 Å². The van der Waals surface area contributed by atoms with E-state index in [0.29, 0.717) is 5.70 Å². The lowest BCUT2D eigenvalue weighted by molar-refractivity contribution is -0.0211. The Morgan fingerprint density at radius 2 is 2.27 bits per heavy atom. The molecule has 0 saturated heterocycles. The van der Waals surface area contributed by atoms with Crippen molar-refractivity contribution in [3.63, 3.8) is 0 Å². The van der Waals surface area contributed by atoms with E-state index in [2.05, 4.69) is 0 Å². The van der Waals surface area contributed by atoms with Crippen molar-refractivity contribution >= 4 is 0 Å². The Morgan fingerprint density at radius 1 is 1.64 bits per heavy atom. The summed E-state index contributed by atoms with van der Waals surface area (Å²) in [6.45, 7) is 0.917. The lowest BCUT2D eigenvalue weighted by atomic mass is 9.93. The van der Waals surface area contributed by atoms with Crippen molar-refractivity contribution in [1.29, 1.82) is 0 Å². The van der Waals surface area contributed by atoms with Crippen LogP contribution in [0.4, 0.5) is 8.78 Å². The Morgan fingerprint density at radius 3 is 2.64 bits per heavy atom. The average molecular weight is 159 g/mol. The largest absolute Gasteiger partial charge is 0.402 e. The maximum Gasteiger partial charge on any atom is 0.251 e. The normalized spacial score (nSPS) is 25.0. The third-order valence-corrected chi connectivity index (χ3v) is 1.76. The van der Waals surface area contributed by atoms with Gasteiger partial charge in [0.2, 0.25) is 0 Å². The molecule has 0 fully saturated rings. The Balaban J connectivity index is 2.67. The Bertz CT molecular complexity index is 201. The summed E-state index contributed by atoms with van der Waals surface area (Å²) < 4.78 is 25.3. The highest BCUT2D eigenvalue weighted by atomic mass is 19.3. The van der Waals surface area contributed by atoms with E-state index in [1.807, 2.05) is 0 Å². The average Bonchev–Trinajstić information content (AvgIpc) is 1.86. The summed E-state index contributed by atoms with van der Waals surface area (Å²) in [5.41, 5.74) is 5.93. The van der Waals surface area contributed by atoms with E-state index < -0.39 is 11.8 Å². The van der Waals surface area contributed by atoms with Gasteiger partial charge < -0.3 is 5.73 Å². The lowest BCUT2D eigenvalue weighted by Crippen LogP contribution is -2.25. The molecule has 0 aromatic rings. The Kier molecular flexibility index (Phi) is 1.98. The molecular weight excluding hydrogens is 148 g/mol. The molecule has 0 aliphatic heterocycles. The van der Waals surface area contributed by atoms with Crippen molar-refractivity contribution in [2.75, 3.05) is 0 Å². The summed E-state index contributed by atoms with van der Waals surface area (Å²) in [5, 5.41) is 0. The maximum absolute atomic E-state index is 12.6. The van der Waals surface area contributed by atoms with E-state index >= 15 is 0 Å². The van der Waals surface area contributed by atoms with Crippen LogP contribution in [0.5, 0.6) is 0 Å². The molecule has 0 bridgehead atoms. The number of rotatable bonds is 1. The van der Waals surface area contributed by atoms with Gasteiger partial charge in [0, 0.05) is 11.6 Å². The second kappa shape index (κ2) is 2.64. The zero-order chi connectivity index (χ0) is 8.48. The second-order valence-electron chi connectivity index (χ2n) is 2.89. The number of nitrogens with two attached hydrogens (primary N) is 1. The number of hydrogen-bond donors (Lipinski definition) is 1. The van der Waals surface area contributed by atoms with E-state index in [1.54, 1.807) is 12.2 Å². The van der Waals surface area contributed by atoms with Gasteiger partial charge in [0.25, 0.3) is 5.92 Å². The van der Waals surface area contributed by atoms with E-state index in [1.165, 1.54) is 6.08 Å². The molecule has 1 aliphatic carbocycles. The first-order chi connectivity index (χ1) is 5.00. The summed E-state index contributed by atoms with van der Waals surface area (Å²) in [6, 6.07) is 0. The van der Waals surface area contributed by atoms with Crippen LogP contribution in [0.15, 0.2) is 23.9 Å². The molecule has 0 saturated carbocycles. The van der Waals surface area contributed by atoms with E-state index in [4.69, 9.17) is 5.73 Å². The number of halogens is 2. The first-order valence-electron chi connectivity index (χ1n) is 3.51. The standard InChI is InChI=1S/C8H11F2N/c1-8(9,10)6-3-2-4-7(11)5-6/h2-4,6H,5,11H2,1H3. The predicted molar refractivity (Wildman–Crippen MR) is 40.1 cm³/mol. The molecule has 0 spiro atoms. The zero-order valence-corrected chi connectivity index (χ0v) is 6.35. The molecule has 0 amide bonds. The van der Waals surface area contributed by atoms with Gasteiger partial charge in [0.05, 0.1) is 0 Å². The van der Waals surface area contributed by atoms with Gasteiger partial charge in [-0.25, -0.2) is 8.78 Å². The highest BCUT2D eigenvalue weighted by Crippen LogP contribution is 2.31. The maximum atomic E-state index is 12.6. The van der Waals surface area contributed by atoms with Crippen LogP contribution < -0.4 is 5.73 Å². The topological polar surface area (TPSA) is 26.0 Å². The van der Waals surface area contributed by atoms with Gasteiger partial charge in [0.1, 0.15) is 0 Å². The number of hydrogen-bond acceptors (Lipinski definition) is 1. The van der Waals surface area contributed by atoms with Gasteiger partial charge in [-0.15, -0.1) is 0 Å². The molecule has 1 rings (SSSR count). The molecule has 3 heteroatoms. The lowest BCUT2D eigenvalue weighted by Gasteiger charge is -2.22. The van der Waals surface area contributed by atoms with Crippen molar-refractivity contribution in [1.82, 2.24) is 0 Å². The summed E-state index contributed by atoms with van der Waals surface area (Å²) >= 11 is 0. The predicted octanol–water partition coefficient (Wildman–Crippen LogP) is 2.06. The highest BCUT2D eigenvalue weighted by molar-refractivity contribution is 5.18. The van der Waals surface area contributed by atoms with Gasteiger partial charge in [-0.3, -0.25) is 0 Å². The van der Waals surface area contributed by atoms with Gasteiger partial charge in [0.15, 0.2) is 0 Å². The zero-order valence-electron chi connectivity index (χ0n) is 6.35. The Hall–Kier alpha value is -0.860. The van der Waals surface area contributed by atoms with Crippen LogP contribution >= 0.6 is 0 Å². The van der Waals surface area contributed by atoms with Crippen molar-refractivity contribution in [2.24, 2.45) is 11.7 Å². The SMILES string of the molecule is CC(F)(F)C1C=CC=C(N)C1. The summed E-state index contributed by atoms with van der Waals surface area (Å²) in [5.74, 6) is -3.39. The van der Waals surface area contributed by atoms with Crippen LogP contribution in [-0.2, 0) is 0 Å². The van der Waals surface area contributed by atoms with Gasteiger partial charge in [-0.05, 0) is 19.4 Å². The third-order valence-electron chi connectivity index (χ3n) is 1.76. The molecule has 11 heavy (non-hydrogen) atoms. The molecule has 0 heterocycles. The summed E-state index contributed by atoms with van der Waals surface area (Å²) in [6.07, 6.45) is 5.00. The smallest absolute Gasteiger partial charge is 0.251 e. The Labute approximate surface area is 64.6 Å². The molecule has 62 valence electrons. The molecule has 1 nitrogen and oxygen atoms in total. The van der Waals surface area contributed by atoms with Crippen molar-refractivity contribution in [3.05, 3.63) is 23.9 Å². The van der Waals surface area contributed by atoms with Gasteiger partial charge in [-0.2, -0.15) is 0 Å². The summed E-state index contributed by atoms with van der Waals surface area (Å²) in [4.78, 5) is 0. The fourth-order valence-corrected chi connectivity index (χ4v) is 1.05. The van der Waals surface area contributed by atoms with Crippen molar-refractivity contribution < 1.29 is 8.78 Å². The minimum atomic E-state index is -2.66. The highest BCUT2D eigenvalue weighted by Gasteiger charge is 2.32. The molecule has 1 unspecified atom stereocenters. The van der Waals surface area contributed by atoms with Gasteiger partial charge in [-0.1, -0.05) is 12.2 Å². The van der Waals surface area contributed by atoms with Crippen LogP contribution in [0.3, 0.4) is 0 Å². The van der Waals surface area contributed by atoms with Crippen LogP contribution in [-0.4, -0.2) is 5.92 Å². The van der Waals surface area contributed by atoms with Crippen molar-refractivity contribution in [2.45, 2.75) is 19.3 Å². The first kappa shape index (κ1) is 8.24. The molecule has 0 aromatic heterocycles. The summed E-state index contributed by atoms with van der Waals surface area (Å²) in [7, 11) is 0. The van der Waals surface area contributed by atoms with Crippen molar-refractivity contribution in [3.8, 4) is 0 Å². The molecule has 2 N–H and O–H groups in total. The second-order valence-corrected chi connectivity index (χ2v) is 2.89. The monoisotopic (exact) mass is 159 g/mol. The minimum Gasteiger partial charge on any atom is -0.402 e. The molecule has 0 aromatic carbocycles. The van der Waals surface area contributed by atoms with Crippen LogP contribution in [0, 0.1) is 5.92 Å². The van der Waals surface area contributed by atoms with Crippen LogP contribution in [0.1, 0.15) is 13.3 Å². The number of alkyl halides is 2. The fraction of sp³-hybridized carbons (Fsp3) is 0.500.